The molecule has 1 aromatic heterocycles. The highest BCUT2D eigenvalue weighted by atomic mass is 35.5. The van der Waals surface area contributed by atoms with Gasteiger partial charge in [0.1, 0.15) is 18.3 Å². The number of carbonyl (C=O) groups is 2. The van der Waals surface area contributed by atoms with Crippen LogP contribution in [0.3, 0.4) is 0 Å². The normalized spacial score (nSPS) is 17.5. The van der Waals surface area contributed by atoms with Crippen LogP contribution in [0, 0.1) is 6.92 Å². The summed E-state index contributed by atoms with van der Waals surface area (Å²) in [7, 11) is 0. The number of furan rings is 1. The fourth-order valence-corrected chi connectivity index (χ4v) is 3.05. The second-order valence-corrected chi connectivity index (χ2v) is 6.39. The standard InChI is InChI=1S/C18H18ClNO5/c1-11-10-25-14(8-16(21)22)17(11)18(23)20-6-7-24-15(9-20)12-2-4-13(19)5-3-12/h2-5,10,15H,6-9H2,1H3,(H,21,22). The SMILES string of the molecule is Cc1coc(CC(=O)O)c1C(=O)N1CCOC(c2ccc(Cl)cc2)C1. The van der Waals surface area contributed by atoms with Crippen molar-refractivity contribution >= 4 is 23.5 Å². The summed E-state index contributed by atoms with van der Waals surface area (Å²) < 4.78 is 11.0. The van der Waals surface area contributed by atoms with Crippen molar-refractivity contribution in [2.45, 2.75) is 19.4 Å². The number of carbonyl (C=O) groups excluding carboxylic acids is 1. The van der Waals surface area contributed by atoms with Crippen LogP contribution in [0.5, 0.6) is 0 Å². The van der Waals surface area contributed by atoms with E-state index < -0.39 is 5.97 Å². The lowest BCUT2D eigenvalue weighted by molar-refractivity contribution is -0.136. The van der Waals surface area contributed by atoms with E-state index in [9.17, 15) is 9.59 Å². The quantitative estimate of drug-likeness (QED) is 0.902. The van der Waals surface area contributed by atoms with E-state index in [0.29, 0.717) is 35.8 Å². The zero-order valence-corrected chi connectivity index (χ0v) is 14.5. The smallest absolute Gasteiger partial charge is 0.311 e. The Morgan fingerprint density at radius 1 is 1.32 bits per heavy atom. The summed E-state index contributed by atoms with van der Waals surface area (Å²) in [6, 6.07) is 7.32. The van der Waals surface area contributed by atoms with Crippen LogP contribution in [-0.2, 0) is 16.0 Å². The van der Waals surface area contributed by atoms with Crippen LogP contribution in [0.2, 0.25) is 5.02 Å². The highest BCUT2D eigenvalue weighted by molar-refractivity contribution is 6.30. The number of halogens is 1. The average molecular weight is 364 g/mol. The van der Waals surface area contributed by atoms with E-state index in [0.717, 1.165) is 5.56 Å². The number of rotatable bonds is 4. The Morgan fingerprint density at radius 3 is 2.72 bits per heavy atom. The first kappa shape index (κ1) is 17.5. The van der Waals surface area contributed by atoms with Crippen molar-refractivity contribution in [2.24, 2.45) is 0 Å². The number of hydrogen-bond acceptors (Lipinski definition) is 4. The molecule has 0 radical (unpaired) electrons. The third-order valence-electron chi connectivity index (χ3n) is 4.17. The first-order chi connectivity index (χ1) is 12.0. The number of aliphatic carboxylic acids is 1. The predicted octanol–water partition coefficient (Wildman–Crippen LogP) is 3.08. The molecule has 6 nitrogen and oxygen atoms in total. The van der Waals surface area contributed by atoms with Crippen LogP contribution >= 0.6 is 11.6 Å². The minimum Gasteiger partial charge on any atom is -0.481 e. The van der Waals surface area contributed by atoms with Gasteiger partial charge in [-0.25, -0.2) is 0 Å². The molecule has 0 aliphatic carbocycles. The number of amides is 1. The second kappa shape index (κ2) is 7.29. The van der Waals surface area contributed by atoms with E-state index >= 15 is 0 Å². The molecule has 1 unspecified atom stereocenters. The zero-order chi connectivity index (χ0) is 18.0. The Labute approximate surface area is 149 Å². The molecular weight excluding hydrogens is 346 g/mol. The minimum absolute atomic E-state index is 0.185. The van der Waals surface area contributed by atoms with Gasteiger partial charge >= 0.3 is 5.97 Å². The molecule has 3 rings (SSSR count). The van der Waals surface area contributed by atoms with Gasteiger partial charge in [0.2, 0.25) is 0 Å². The van der Waals surface area contributed by atoms with Gasteiger partial charge in [0.15, 0.2) is 0 Å². The lowest BCUT2D eigenvalue weighted by atomic mass is 10.1. The molecule has 0 spiro atoms. The Bertz CT molecular complexity index is 783. The first-order valence-corrected chi connectivity index (χ1v) is 8.28. The molecule has 7 heteroatoms. The number of hydrogen-bond donors (Lipinski definition) is 1. The molecule has 2 heterocycles. The van der Waals surface area contributed by atoms with Gasteiger partial charge in [0.25, 0.3) is 5.91 Å². The summed E-state index contributed by atoms with van der Waals surface area (Å²) in [6.45, 7) is 2.97. The van der Waals surface area contributed by atoms with Crippen LogP contribution in [0.4, 0.5) is 0 Å². The Morgan fingerprint density at radius 2 is 2.04 bits per heavy atom. The van der Waals surface area contributed by atoms with E-state index in [1.54, 1.807) is 24.0 Å². The number of benzene rings is 1. The van der Waals surface area contributed by atoms with Crippen molar-refractivity contribution in [3.05, 3.63) is 58.0 Å². The van der Waals surface area contributed by atoms with Crippen molar-refractivity contribution in [1.82, 2.24) is 4.90 Å². The number of aryl methyl sites for hydroxylation is 1. The van der Waals surface area contributed by atoms with Crippen molar-refractivity contribution in [1.29, 1.82) is 0 Å². The Balaban J connectivity index is 1.79. The molecule has 1 aromatic carbocycles. The first-order valence-electron chi connectivity index (χ1n) is 7.91. The molecule has 1 aliphatic heterocycles. The lowest BCUT2D eigenvalue weighted by Crippen LogP contribution is -2.42. The molecule has 2 aromatic rings. The van der Waals surface area contributed by atoms with E-state index in [1.807, 2.05) is 12.1 Å². The molecule has 0 bridgehead atoms. The third kappa shape index (κ3) is 3.86. The molecular formula is C18H18ClNO5. The molecule has 1 atom stereocenters. The van der Waals surface area contributed by atoms with Crippen molar-refractivity contribution in [2.75, 3.05) is 19.7 Å². The number of nitrogens with zero attached hydrogens (tertiary/aromatic N) is 1. The summed E-state index contributed by atoms with van der Waals surface area (Å²) in [6.07, 6.45) is 0.854. The summed E-state index contributed by atoms with van der Waals surface area (Å²) in [4.78, 5) is 25.6. The maximum absolute atomic E-state index is 12.9. The van der Waals surface area contributed by atoms with Gasteiger partial charge in [-0.15, -0.1) is 0 Å². The lowest BCUT2D eigenvalue weighted by Gasteiger charge is -2.33. The monoisotopic (exact) mass is 363 g/mol. The largest absolute Gasteiger partial charge is 0.481 e. The van der Waals surface area contributed by atoms with Crippen LogP contribution in [0.25, 0.3) is 0 Å². The third-order valence-corrected chi connectivity index (χ3v) is 4.42. The number of morpholine rings is 1. The van der Waals surface area contributed by atoms with Gasteiger partial charge in [-0.3, -0.25) is 9.59 Å². The molecule has 132 valence electrons. The van der Waals surface area contributed by atoms with Gasteiger partial charge in [0, 0.05) is 17.1 Å². The molecule has 1 N–H and O–H groups in total. The van der Waals surface area contributed by atoms with E-state index in [-0.39, 0.29) is 24.2 Å². The number of carboxylic acid groups (broad SMARTS) is 1. The van der Waals surface area contributed by atoms with E-state index in [4.69, 9.17) is 25.9 Å². The molecule has 0 saturated carbocycles. The van der Waals surface area contributed by atoms with Gasteiger partial charge in [0.05, 0.1) is 25.0 Å². The van der Waals surface area contributed by atoms with Gasteiger partial charge in [-0.05, 0) is 24.6 Å². The van der Waals surface area contributed by atoms with Crippen LogP contribution < -0.4 is 0 Å². The Kier molecular flexibility index (Phi) is 5.11. The topological polar surface area (TPSA) is 80.0 Å². The maximum Gasteiger partial charge on any atom is 0.311 e. The zero-order valence-electron chi connectivity index (χ0n) is 13.7. The molecule has 1 fully saturated rings. The Hall–Kier alpha value is -2.31. The fraction of sp³-hybridized carbons (Fsp3) is 0.333. The van der Waals surface area contributed by atoms with Gasteiger partial charge < -0.3 is 19.2 Å². The predicted molar refractivity (Wildman–Crippen MR) is 90.8 cm³/mol. The van der Waals surface area contributed by atoms with Crippen LogP contribution in [0.15, 0.2) is 34.9 Å². The van der Waals surface area contributed by atoms with Crippen molar-refractivity contribution in [3.8, 4) is 0 Å². The van der Waals surface area contributed by atoms with Gasteiger partial charge in [-0.2, -0.15) is 0 Å². The minimum atomic E-state index is -1.04. The number of carboxylic acids is 1. The highest BCUT2D eigenvalue weighted by Gasteiger charge is 2.30. The van der Waals surface area contributed by atoms with Crippen LogP contribution in [0.1, 0.15) is 33.3 Å². The van der Waals surface area contributed by atoms with Gasteiger partial charge in [-0.1, -0.05) is 23.7 Å². The summed E-state index contributed by atoms with van der Waals surface area (Å²) >= 11 is 5.91. The van der Waals surface area contributed by atoms with Crippen molar-refractivity contribution in [3.63, 3.8) is 0 Å². The molecule has 1 saturated heterocycles. The molecule has 25 heavy (non-hydrogen) atoms. The van der Waals surface area contributed by atoms with E-state index in [1.165, 1.54) is 6.26 Å². The summed E-state index contributed by atoms with van der Waals surface area (Å²) in [5.41, 5.74) is 1.91. The second-order valence-electron chi connectivity index (χ2n) is 5.95. The fourth-order valence-electron chi connectivity index (χ4n) is 2.92. The summed E-state index contributed by atoms with van der Waals surface area (Å²) in [5.74, 6) is -1.08. The molecule has 1 amide bonds. The maximum atomic E-state index is 12.9. The molecule has 1 aliphatic rings. The number of ether oxygens (including phenoxy) is 1. The summed E-state index contributed by atoms with van der Waals surface area (Å²) in [5, 5.41) is 9.63. The van der Waals surface area contributed by atoms with Crippen molar-refractivity contribution < 1.29 is 23.8 Å². The average Bonchev–Trinajstić information content (AvgIpc) is 2.94. The highest BCUT2D eigenvalue weighted by Crippen LogP contribution is 2.26. The van der Waals surface area contributed by atoms with Crippen LogP contribution in [-0.4, -0.2) is 41.6 Å². The van der Waals surface area contributed by atoms with E-state index in [2.05, 4.69) is 0 Å².